The number of unbranched alkanes of at least 4 members (excludes halogenated alkanes) is 1. The molecule has 0 amide bonds. The van der Waals surface area contributed by atoms with E-state index in [1.54, 1.807) is 0 Å². The Morgan fingerprint density at radius 3 is 2.35 bits per heavy atom. The molecule has 2 aromatic carbocycles. The summed E-state index contributed by atoms with van der Waals surface area (Å²) >= 11 is 0. The minimum Gasteiger partial charge on any atom is -0.489 e. The molecule has 2 nitrogen and oxygen atoms in total. The Bertz CT molecular complexity index is 541. The van der Waals surface area contributed by atoms with E-state index in [0.717, 1.165) is 29.6 Å². The monoisotopic (exact) mass is 266 g/mol. The molecular weight excluding hydrogens is 248 g/mol. The van der Waals surface area contributed by atoms with E-state index in [-0.39, 0.29) is 0 Å². The predicted molar refractivity (Wildman–Crippen MR) is 81.5 cm³/mol. The second-order valence-electron chi connectivity index (χ2n) is 4.49. The van der Waals surface area contributed by atoms with E-state index >= 15 is 0 Å². The molecule has 0 aliphatic heterocycles. The van der Waals surface area contributed by atoms with Crippen LogP contribution in [0.15, 0.2) is 60.7 Å². The van der Waals surface area contributed by atoms with Crippen LogP contribution in [0.1, 0.15) is 24.0 Å². The van der Waals surface area contributed by atoms with Gasteiger partial charge < -0.3 is 9.53 Å². The maximum atomic E-state index is 10.2. The first-order valence-corrected chi connectivity index (χ1v) is 6.75. The third-order valence-electron chi connectivity index (χ3n) is 2.89. The van der Waals surface area contributed by atoms with Crippen LogP contribution in [0.5, 0.6) is 5.75 Å². The fraction of sp³-hybridized carbons (Fsp3) is 0.167. The summed E-state index contributed by atoms with van der Waals surface area (Å²) in [5.74, 6) is 0.860. The van der Waals surface area contributed by atoms with E-state index in [2.05, 4.69) is 0 Å². The lowest BCUT2D eigenvalue weighted by Crippen LogP contribution is -1.94. The number of ether oxygens (including phenoxy) is 1. The van der Waals surface area contributed by atoms with Gasteiger partial charge in [-0.25, -0.2) is 0 Å². The molecule has 0 N–H and O–H groups in total. The molecule has 0 fully saturated rings. The van der Waals surface area contributed by atoms with Gasteiger partial charge in [0.05, 0.1) is 0 Å². The van der Waals surface area contributed by atoms with Crippen molar-refractivity contribution in [3.63, 3.8) is 0 Å². The Morgan fingerprint density at radius 2 is 1.65 bits per heavy atom. The van der Waals surface area contributed by atoms with E-state index in [4.69, 9.17) is 4.74 Å². The SMILES string of the molecule is O=CCC/C=C/c1ccc(OCc2ccccc2)cc1. The zero-order valence-corrected chi connectivity index (χ0v) is 11.4. The molecule has 0 saturated heterocycles. The molecule has 20 heavy (non-hydrogen) atoms. The van der Waals surface area contributed by atoms with Crippen molar-refractivity contribution in [2.24, 2.45) is 0 Å². The molecule has 0 atom stereocenters. The minimum absolute atomic E-state index is 0.578. The Balaban J connectivity index is 1.85. The lowest BCUT2D eigenvalue weighted by molar-refractivity contribution is -0.107. The number of hydrogen-bond acceptors (Lipinski definition) is 2. The molecule has 0 radical (unpaired) electrons. The second-order valence-corrected chi connectivity index (χ2v) is 4.49. The summed E-state index contributed by atoms with van der Waals surface area (Å²) in [6.07, 6.45) is 6.33. The molecule has 0 unspecified atom stereocenters. The molecule has 0 aliphatic carbocycles. The molecule has 0 bridgehead atoms. The molecule has 0 aromatic heterocycles. The molecule has 0 spiro atoms. The molecule has 2 aromatic rings. The maximum absolute atomic E-state index is 10.2. The normalized spacial score (nSPS) is 10.6. The minimum atomic E-state index is 0.578. The number of hydrogen-bond donors (Lipinski definition) is 0. The predicted octanol–water partition coefficient (Wildman–Crippen LogP) is 4.26. The van der Waals surface area contributed by atoms with Gasteiger partial charge in [-0.15, -0.1) is 0 Å². The first-order valence-electron chi connectivity index (χ1n) is 6.75. The highest BCUT2D eigenvalue weighted by Gasteiger charge is 1.95. The Labute approximate surface area is 119 Å². The molecule has 2 rings (SSSR count). The zero-order chi connectivity index (χ0) is 14.0. The zero-order valence-electron chi connectivity index (χ0n) is 11.4. The van der Waals surface area contributed by atoms with Gasteiger partial charge in [0.25, 0.3) is 0 Å². The highest BCUT2D eigenvalue weighted by atomic mass is 16.5. The summed E-state index contributed by atoms with van der Waals surface area (Å²) < 4.78 is 5.72. The third-order valence-corrected chi connectivity index (χ3v) is 2.89. The van der Waals surface area contributed by atoms with Gasteiger partial charge in [0.1, 0.15) is 18.6 Å². The Kier molecular flexibility index (Phi) is 5.59. The van der Waals surface area contributed by atoms with Crippen molar-refractivity contribution >= 4 is 12.4 Å². The molecule has 0 aliphatic rings. The van der Waals surface area contributed by atoms with Crippen molar-refractivity contribution in [2.45, 2.75) is 19.4 Å². The summed E-state index contributed by atoms with van der Waals surface area (Å²) in [6, 6.07) is 18.0. The first-order chi connectivity index (χ1) is 9.88. The van der Waals surface area contributed by atoms with E-state index in [9.17, 15) is 4.79 Å². The standard InChI is InChI=1S/C18H18O2/c19-14-6-2-5-7-16-10-12-18(13-11-16)20-15-17-8-3-1-4-9-17/h1,3-5,7-14H,2,6,15H2/b7-5+. The average Bonchev–Trinajstić information content (AvgIpc) is 2.52. The van der Waals surface area contributed by atoms with Crippen LogP contribution in [0.4, 0.5) is 0 Å². The molecular formula is C18H18O2. The van der Waals surface area contributed by atoms with E-state index in [0.29, 0.717) is 13.0 Å². The van der Waals surface area contributed by atoms with Crippen molar-refractivity contribution in [3.05, 3.63) is 71.8 Å². The number of allylic oxidation sites excluding steroid dienone is 1. The van der Waals surface area contributed by atoms with Crippen LogP contribution < -0.4 is 4.74 Å². The summed E-state index contributed by atoms with van der Waals surface area (Å²) in [4.78, 5) is 10.2. The second kappa shape index (κ2) is 7.95. The summed E-state index contributed by atoms with van der Waals surface area (Å²) in [5, 5.41) is 0. The van der Waals surface area contributed by atoms with E-state index < -0.39 is 0 Å². The number of carbonyl (C=O) groups is 1. The van der Waals surface area contributed by atoms with Crippen molar-refractivity contribution in [3.8, 4) is 5.75 Å². The van der Waals surface area contributed by atoms with Crippen LogP contribution in [0.3, 0.4) is 0 Å². The van der Waals surface area contributed by atoms with Crippen LogP contribution in [-0.4, -0.2) is 6.29 Å². The number of aldehydes is 1. The van der Waals surface area contributed by atoms with E-state index in [1.807, 2.05) is 66.7 Å². The lowest BCUT2D eigenvalue weighted by atomic mass is 10.2. The largest absolute Gasteiger partial charge is 0.489 e. The van der Waals surface area contributed by atoms with Gasteiger partial charge in [0.2, 0.25) is 0 Å². The topological polar surface area (TPSA) is 26.3 Å². The highest BCUT2D eigenvalue weighted by Crippen LogP contribution is 2.15. The quantitative estimate of drug-likeness (QED) is 0.553. The third kappa shape index (κ3) is 4.73. The Hall–Kier alpha value is -2.35. The van der Waals surface area contributed by atoms with Crippen LogP contribution in [0.25, 0.3) is 6.08 Å². The van der Waals surface area contributed by atoms with Crippen molar-refractivity contribution in [1.82, 2.24) is 0 Å². The summed E-state index contributed by atoms with van der Waals surface area (Å²) in [5.41, 5.74) is 2.27. The number of benzene rings is 2. The lowest BCUT2D eigenvalue weighted by Gasteiger charge is -2.06. The smallest absolute Gasteiger partial charge is 0.120 e. The van der Waals surface area contributed by atoms with Crippen LogP contribution in [0.2, 0.25) is 0 Å². The summed E-state index contributed by atoms with van der Waals surface area (Å²) in [7, 11) is 0. The van der Waals surface area contributed by atoms with Gasteiger partial charge in [0.15, 0.2) is 0 Å². The van der Waals surface area contributed by atoms with Crippen molar-refractivity contribution < 1.29 is 9.53 Å². The average molecular weight is 266 g/mol. The van der Waals surface area contributed by atoms with Gasteiger partial charge in [-0.05, 0) is 29.7 Å². The van der Waals surface area contributed by atoms with Crippen LogP contribution in [0, 0.1) is 0 Å². The highest BCUT2D eigenvalue weighted by molar-refractivity contribution is 5.53. The van der Waals surface area contributed by atoms with Gasteiger partial charge in [-0.2, -0.15) is 0 Å². The molecule has 102 valence electrons. The maximum Gasteiger partial charge on any atom is 0.120 e. The number of carbonyl (C=O) groups excluding carboxylic acids is 1. The fourth-order valence-corrected chi connectivity index (χ4v) is 1.80. The van der Waals surface area contributed by atoms with Crippen molar-refractivity contribution in [2.75, 3.05) is 0 Å². The number of rotatable bonds is 7. The van der Waals surface area contributed by atoms with E-state index in [1.165, 1.54) is 0 Å². The van der Waals surface area contributed by atoms with Crippen LogP contribution >= 0.6 is 0 Å². The Morgan fingerprint density at radius 1 is 0.900 bits per heavy atom. The van der Waals surface area contributed by atoms with Gasteiger partial charge >= 0.3 is 0 Å². The first kappa shape index (κ1) is 14.1. The molecule has 2 heteroatoms. The molecule has 0 saturated carbocycles. The molecule has 0 heterocycles. The summed E-state index contributed by atoms with van der Waals surface area (Å²) in [6.45, 7) is 0.579. The van der Waals surface area contributed by atoms with Gasteiger partial charge in [0, 0.05) is 6.42 Å². The van der Waals surface area contributed by atoms with Crippen LogP contribution in [-0.2, 0) is 11.4 Å². The fourth-order valence-electron chi connectivity index (χ4n) is 1.80. The van der Waals surface area contributed by atoms with Gasteiger partial charge in [-0.3, -0.25) is 0 Å². The van der Waals surface area contributed by atoms with Gasteiger partial charge in [-0.1, -0.05) is 54.6 Å². The van der Waals surface area contributed by atoms with Crippen molar-refractivity contribution in [1.29, 1.82) is 0 Å².